The maximum Gasteiger partial charge on any atom is 0.146 e. The van der Waals surface area contributed by atoms with Crippen molar-refractivity contribution in [1.29, 1.82) is 0 Å². The average Bonchev–Trinajstić information content (AvgIpc) is 2.94. The molecule has 3 atom stereocenters. The molecule has 0 aromatic carbocycles. The Labute approximate surface area is 95.7 Å². The van der Waals surface area contributed by atoms with E-state index in [1.807, 2.05) is 12.1 Å². The third-order valence-corrected chi connectivity index (χ3v) is 5.81. The van der Waals surface area contributed by atoms with Gasteiger partial charge in [0.1, 0.15) is 11.2 Å². The standard InChI is InChI=1S/C11H15N2O2P/c12-10-6-8(3-4-13-10)7-11-9(14)2-1-5-16(11)15-11/h3-4,6,9,14H,1-2,5,7H2,(H2,12,13). The van der Waals surface area contributed by atoms with Crippen LogP contribution in [0, 0.1) is 0 Å². The molecule has 2 aliphatic heterocycles. The Morgan fingerprint density at radius 2 is 2.56 bits per heavy atom. The molecule has 86 valence electrons. The van der Waals surface area contributed by atoms with E-state index < -0.39 is 8.15 Å². The molecule has 3 rings (SSSR count). The molecule has 1 aromatic heterocycles. The molecule has 2 aliphatic rings. The molecule has 3 N–H and O–H groups in total. The first-order valence-corrected chi connectivity index (χ1v) is 7.00. The summed E-state index contributed by atoms with van der Waals surface area (Å²) in [6.45, 7) is 0. The Morgan fingerprint density at radius 3 is 3.31 bits per heavy atom. The van der Waals surface area contributed by atoms with Crippen LogP contribution in [0.15, 0.2) is 18.3 Å². The van der Waals surface area contributed by atoms with Gasteiger partial charge in [-0.3, -0.25) is 0 Å². The maximum atomic E-state index is 10.0. The Bertz CT molecular complexity index is 415. The number of hydrogen-bond donors (Lipinski definition) is 2. The number of aliphatic hydroxyl groups is 1. The van der Waals surface area contributed by atoms with Crippen LogP contribution in [0.5, 0.6) is 0 Å². The van der Waals surface area contributed by atoms with Gasteiger partial charge in [-0.2, -0.15) is 0 Å². The van der Waals surface area contributed by atoms with Crippen LogP contribution in [0.25, 0.3) is 0 Å². The van der Waals surface area contributed by atoms with Crippen molar-refractivity contribution in [3.8, 4) is 0 Å². The van der Waals surface area contributed by atoms with Crippen molar-refractivity contribution < 1.29 is 9.63 Å². The van der Waals surface area contributed by atoms with Gasteiger partial charge in [-0.1, -0.05) is 0 Å². The second kappa shape index (κ2) is 3.66. The fourth-order valence-electron chi connectivity index (χ4n) is 2.42. The summed E-state index contributed by atoms with van der Waals surface area (Å²) < 4.78 is 5.78. The highest BCUT2D eigenvalue weighted by Gasteiger charge is 2.62. The van der Waals surface area contributed by atoms with Gasteiger partial charge < -0.3 is 15.4 Å². The number of anilines is 1. The summed E-state index contributed by atoms with van der Waals surface area (Å²) in [5, 5.41) is 9.78. The van der Waals surface area contributed by atoms with Crippen LogP contribution in [0.1, 0.15) is 18.4 Å². The molecule has 0 radical (unpaired) electrons. The highest BCUT2D eigenvalue weighted by Crippen LogP contribution is 2.75. The summed E-state index contributed by atoms with van der Waals surface area (Å²) in [6.07, 6.45) is 5.26. The molecular weight excluding hydrogens is 223 g/mol. The molecule has 0 saturated carbocycles. The van der Waals surface area contributed by atoms with Gasteiger partial charge in [0.2, 0.25) is 0 Å². The predicted molar refractivity (Wildman–Crippen MR) is 63.2 cm³/mol. The van der Waals surface area contributed by atoms with Crippen LogP contribution in [-0.4, -0.2) is 27.7 Å². The van der Waals surface area contributed by atoms with Gasteiger partial charge in [0.15, 0.2) is 0 Å². The van der Waals surface area contributed by atoms with Crippen molar-refractivity contribution in [1.82, 2.24) is 4.98 Å². The Morgan fingerprint density at radius 1 is 1.69 bits per heavy atom. The number of nitrogen functional groups attached to an aromatic ring is 1. The zero-order valence-electron chi connectivity index (χ0n) is 8.97. The van der Waals surface area contributed by atoms with Gasteiger partial charge in [0.05, 0.1) is 14.3 Å². The Balaban J connectivity index is 1.80. The van der Waals surface area contributed by atoms with Crippen LogP contribution in [0.3, 0.4) is 0 Å². The number of fused-ring (bicyclic) bond motifs is 1. The lowest BCUT2D eigenvalue weighted by Crippen LogP contribution is -2.33. The first kappa shape index (κ1) is 10.5. The fourth-order valence-corrected chi connectivity index (χ4v) is 4.88. The summed E-state index contributed by atoms with van der Waals surface area (Å²) in [5.74, 6) is 0.532. The molecule has 5 heteroatoms. The normalized spacial score (nSPS) is 36.8. The number of nitrogens with zero attached hydrogens (tertiary/aromatic N) is 1. The quantitative estimate of drug-likeness (QED) is 0.604. The Hall–Kier alpha value is -0.700. The molecule has 1 aromatic rings. The molecule has 16 heavy (non-hydrogen) atoms. The number of aliphatic hydroxyl groups excluding tert-OH is 1. The largest absolute Gasteiger partial charge is 0.390 e. The van der Waals surface area contributed by atoms with Crippen LogP contribution in [-0.2, 0) is 10.9 Å². The highest BCUT2D eigenvalue weighted by molar-refractivity contribution is 7.60. The van der Waals surface area contributed by atoms with Gasteiger partial charge in [0, 0.05) is 12.6 Å². The van der Waals surface area contributed by atoms with Gasteiger partial charge in [-0.25, -0.2) is 4.98 Å². The van der Waals surface area contributed by atoms with Crippen LogP contribution < -0.4 is 5.73 Å². The molecule has 0 amide bonds. The molecule has 3 unspecified atom stereocenters. The molecular formula is C11H15N2O2P. The summed E-state index contributed by atoms with van der Waals surface area (Å²) in [5.41, 5.74) is 6.76. The summed E-state index contributed by atoms with van der Waals surface area (Å²) >= 11 is 0. The first-order chi connectivity index (χ1) is 7.71. The van der Waals surface area contributed by atoms with Crippen molar-refractivity contribution in [3.63, 3.8) is 0 Å². The van der Waals surface area contributed by atoms with Gasteiger partial charge in [-0.15, -0.1) is 0 Å². The van der Waals surface area contributed by atoms with Crippen molar-refractivity contribution in [2.45, 2.75) is 30.7 Å². The minimum atomic E-state index is -0.393. The Kier molecular flexibility index (Phi) is 2.39. The van der Waals surface area contributed by atoms with E-state index in [9.17, 15) is 5.11 Å². The maximum absolute atomic E-state index is 10.0. The molecule has 0 bridgehead atoms. The molecule has 4 nitrogen and oxygen atoms in total. The third kappa shape index (κ3) is 1.61. The predicted octanol–water partition coefficient (Wildman–Crippen LogP) is 1.48. The lowest BCUT2D eigenvalue weighted by atomic mass is 10.0. The highest BCUT2D eigenvalue weighted by atomic mass is 31.2. The fraction of sp³-hybridized carbons (Fsp3) is 0.545. The number of hydrogen-bond acceptors (Lipinski definition) is 4. The third-order valence-electron chi connectivity index (χ3n) is 3.32. The van der Waals surface area contributed by atoms with E-state index in [1.54, 1.807) is 6.20 Å². The lowest BCUT2D eigenvalue weighted by molar-refractivity contribution is 0.0670. The van der Waals surface area contributed by atoms with Crippen molar-refractivity contribution >= 4 is 14.0 Å². The van der Waals surface area contributed by atoms with E-state index in [2.05, 4.69) is 4.98 Å². The van der Waals surface area contributed by atoms with E-state index in [-0.39, 0.29) is 11.4 Å². The SMILES string of the molecule is Nc1cc(CC23OP2CCCC3O)ccn1. The first-order valence-electron chi connectivity index (χ1n) is 5.56. The second-order valence-electron chi connectivity index (χ2n) is 4.46. The topological polar surface area (TPSA) is 71.7 Å². The van der Waals surface area contributed by atoms with E-state index in [4.69, 9.17) is 10.3 Å². The summed E-state index contributed by atoms with van der Waals surface area (Å²) in [4.78, 5) is 3.97. The molecule has 2 saturated heterocycles. The van der Waals surface area contributed by atoms with Crippen molar-refractivity contribution in [2.75, 3.05) is 11.9 Å². The van der Waals surface area contributed by atoms with E-state index in [1.165, 1.54) is 0 Å². The summed E-state index contributed by atoms with van der Waals surface area (Å²) in [7, 11) is -0.393. The zero-order chi connectivity index (χ0) is 11.2. The number of rotatable bonds is 2. The number of nitrogens with two attached hydrogens (primary N) is 1. The zero-order valence-corrected chi connectivity index (χ0v) is 9.86. The van der Waals surface area contributed by atoms with Crippen LogP contribution in [0.2, 0.25) is 0 Å². The van der Waals surface area contributed by atoms with Crippen molar-refractivity contribution in [2.24, 2.45) is 0 Å². The molecule has 3 heterocycles. The number of aromatic nitrogens is 1. The van der Waals surface area contributed by atoms with E-state index in [0.29, 0.717) is 5.82 Å². The van der Waals surface area contributed by atoms with Gasteiger partial charge in [0.25, 0.3) is 0 Å². The van der Waals surface area contributed by atoms with Gasteiger partial charge in [-0.05, 0) is 36.7 Å². The minimum absolute atomic E-state index is 0.263. The average molecular weight is 238 g/mol. The van der Waals surface area contributed by atoms with Crippen molar-refractivity contribution in [3.05, 3.63) is 23.9 Å². The lowest BCUT2D eigenvalue weighted by Gasteiger charge is -2.23. The van der Waals surface area contributed by atoms with E-state index >= 15 is 0 Å². The monoisotopic (exact) mass is 238 g/mol. The van der Waals surface area contributed by atoms with E-state index in [0.717, 1.165) is 31.0 Å². The molecule has 0 spiro atoms. The number of pyridine rings is 1. The van der Waals surface area contributed by atoms with Gasteiger partial charge >= 0.3 is 0 Å². The van der Waals surface area contributed by atoms with Crippen LogP contribution in [0.4, 0.5) is 5.82 Å². The van der Waals surface area contributed by atoms with Crippen LogP contribution >= 0.6 is 8.15 Å². The second-order valence-corrected chi connectivity index (χ2v) is 6.61. The smallest absolute Gasteiger partial charge is 0.146 e. The molecule has 0 aliphatic carbocycles. The summed E-state index contributed by atoms with van der Waals surface area (Å²) in [6, 6.07) is 3.81. The minimum Gasteiger partial charge on any atom is -0.390 e. The molecule has 2 fully saturated rings.